The highest BCUT2D eigenvalue weighted by Gasteiger charge is 2.15. The minimum atomic E-state index is -0.119. The fraction of sp³-hybridized carbons (Fsp3) is 0.333. The van der Waals surface area contributed by atoms with Crippen molar-refractivity contribution in [2.45, 2.75) is 26.7 Å². The van der Waals surface area contributed by atoms with Gasteiger partial charge in [0.15, 0.2) is 0 Å². The van der Waals surface area contributed by atoms with Crippen molar-refractivity contribution in [3.63, 3.8) is 0 Å². The number of methoxy groups -OCH3 is 1. The maximum absolute atomic E-state index is 12.1. The van der Waals surface area contributed by atoms with Gasteiger partial charge >= 0.3 is 0 Å². The van der Waals surface area contributed by atoms with Crippen LogP contribution in [0.25, 0.3) is 0 Å². The Bertz CT molecular complexity index is 791. The Kier molecular flexibility index (Phi) is 7.67. The molecule has 0 spiro atoms. The Morgan fingerprint density at radius 3 is 2.48 bits per heavy atom. The number of rotatable bonds is 8. The van der Waals surface area contributed by atoms with Gasteiger partial charge in [-0.05, 0) is 48.7 Å². The van der Waals surface area contributed by atoms with Gasteiger partial charge in [-0.25, -0.2) is 0 Å². The first-order valence-corrected chi connectivity index (χ1v) is 9.22. The van der Waals surface area contributed by atoms with Gasteiger partial charge in [-0.3, -0.25) is 9.59 Å². The van der Waals surface area contributed by atoms with Gasteiger partial charge in [-0.2, -0.15) is 0 Å². The highest BCUT2D eigenvalue weighted by molar-refractivity contribution is 6.31. The first-order valence-electron chi connectivity index (χ1n) is 8.84. The lowest BCUT2D eigenvalue weighted by atomic mass is 10.1. The SMILES string of the molecule is COc1ccc(CCNC(=O)CCN(C(C)=O)c2cc(Cl)ccc2C)cc1. The second-order valence-corrected chi connectivity index (χ2v) is 6.74. The van der Waals surface area contributed by atoms with Gasteiger partial charge in [-0.15, -0.1) is 0 Å². The standard InChI is InChI=1S/C21H25ClN2O3/c1-15-4-7-18(22)14-20(15)24(16(2)25)13-11-21(26)23-12-10-17-5-8-19(27-3)9-6-17/h4-9,14H,10-13H2,1-3H3,(H,23,26). The minimum absolute atomic E-state index is 0.0885. The van der Waals surface area contributed by atoms with E-state index in [-0.39, 0.29) is 18.2 Å². The molecule has 144 valence electrons. The van der Waals surface area contributed by atoms with Crippen molar-refractivity contribution in [2.75, 3.05) is 25.1 Å². The van der Waals surface area contributed by atoms with Crippen LogP contribution in [-0.2, 0) is 16.0 Å². The third-order valence-electron chi connectivity index (χ3n) is 4.30. The summed E-state index contributed by atoms with van der Waals surface area (Å²) in [7, 11) is 1.63. The zero-order chi connectivity index (χ0) is 19.8. The van der Waals surface area contributed by atoms with Crippen LogP contribution in [0.2, 0.25) is 5.02 Å². The Labute approximate surface area is 165 Å². The molecular weight excluding hydrogens is 364 g/mol. The number of carbonyl (C=O) groups is 2. The predicted octanol–water partition coefficient (Wildman–Crippen LogP) is 3.76. The summed E-state index contributed by atoms with van der Waals surface area (Å²) in [6.07, 6.45) is 0.966. The molecule has 0 heterocycles. The molecule has 6 heteroatoms. The molecule has 0 bridgehead atoms. The van der Waals surface area contributed by atoms with Crippen molar-refractivity contribution in [2.24, 2.45) is 0 Å². The van der Waals surface area contributed by atoms with Crippen LogP contribution < -0.4 is 15.0 Å². The van der Waals surface area contributed by atoms with Gasteiger partial charge in [-0.1, -0.05) is 29.8 Å². The third-order valence-corrected chi connectivity index (χ3v) is 4.53. The van der Waals surface area contributed by atoms with Crippen molar-refractivity contribution < 1.29 is 14.3 Å². The Morgan fingerprint density at radius 2 is 1.85 bits per heavy atom. The number of nitrogens with zero attached hydrogens (tertiary/aromatic N) is 1. The molecule has 0 atom stereocenters. The van der Waals surface area contributed by atoms with Crippen molar-refractivity contribution in [3.05, 3.63) is 58.6 Å². The summed E-state index contributed by atoms with van der Waals surface area (Å²) >= 11 is 6.05. The van der Waals surface area contributed by atoms with Crippen LogP contribution in [-0.4, -0.2) is 32.0 Å². The Balaban J connectivity index is 1.85. The zero-order valence-corrected chi connectivity index (χ0v) is 16.7. The number of carbonyl (C=O) groups excluding carboxylic acids is 2. The van der Waals surface area contributed by atoms with Gasteiger partial charge in [0.05, 0.1) is 7.11 Å². The number of halogens is 1. The highest BCUT2D eigenvalue weighted by atomic mass is 35.5. The number of amides is 2. The summed E-state index contributed by atoms with van der Waals surface area (Å²) in [5.41, 5.74) is 2.80. The molecule has 0 aromatic heterocycles. The summed E-state index contributed by atoms with van der Waals surface area (Å²) in [5, 5.41) is 3.46. The van der Waals surface area contributed by atoms with E-state index in [0.29, 0.717) is 18.1 Å². The number of aryl methyl sites for hydroxylation is 1. The van der Waals surface area contributed by atoms with Gasteiger partial charge < -0.3 is 15.0 Å². The van der Waals surface area contributed by atoms with E-state index in [0.717, 1.165) is 29.0 Å². The highest BCUT2D eigenvalue weighted by Crippen LogP contribution is 2.24. The largest absolute Gasteiger partial charge is 0.497 e. The normalized spacial score (nSPS) is 10.4. The van der Waals surface area contributed by atoms with E-state index in [2.05, 4.69) is 5.32 Å². The topological polar surface area (TPSA) is 58.6 Å². The number of nitrogens with one attached hydrogen (secondary N) is 1. The molecular formula is C21H25ClN2O3. The molecule has 0 aliphatic heterocycles. The molecule has 0 aliphatic rings. The fourth-order valence-electron chi connectivity index (χ4n) is 2.76. The van der Waals surface area contributed by atoms with E-state index in [9.17, 15) is 9.59 Å². The van der Waals surface area contributed by atoms with Crippen molar-refractivity contribution in [1.29, 1.82) is 0 Å². The first kappa shape index (κ1) is 20.8. The summed E-state index contributed by atoms with van der Waals surface area (Å²) in [4.78, 5) is 25.7. The summed E-state index contributed by atoms with van der Waals surface area (Å²) in [5.74, 6) is 0.601. The number of ether oxygens (including phenoxy) is 1. The average molecular weight is 389 g/mol. The van der Waals surface area contributed by atoms with E-state index < -0.39 is 0 Å². The Hall–Kier alpha value is -2.53. The number of hydrogen-bond donors (Lipinski definition) is 1. The number of anilines is 1. The zero-order valence-electron chi connectivity index (χ0n) is 15.9. The van der Waals surface area contributed by atoms with Crippen LogP contribution in [0, 0.1) is 6.92 Å². The minimum Gasteiger partial charge on any atom is -0.497 e. The van der Waals surface area contributed by atoms with Crippen LogP contribution in [0.3, 0.4) is 0 Å². The molecule has 2 aromatic carbocycles. The molecule has 0 radical (unpaired) electrons. The number of hydrogen-bond acceptors (Lipinski definition) is 3. The molecule has 0 unspecified atom stereocenters. The maximum atomic E-state index is 12.1. The van der Waals surface area contributed by atoms with Crippen LogP contribution in [0.4, 0.5) is 5.69 Å². The quantitative estimate of drug-likeness (QED) is 0.749. The molecule has 0 fully saturated rings. The van der Waals surface area contributed by atoms with Gasteiger partial charge in [0.1, 0.15) is 5.75 Å². The summed E-state index contributed by atoms with van der Waals surface area (Å²) in [6, 6.07) is 13.1. The Morgan fingerprint density at radius 1 is 1.15 bits per heavy atom. The van der Waals surface area contributed by atoms with Crippen LogP contribution in [0.15, 0.2) is 42.5 Å². The monoisotopic (exact) mass is 388 g/mol. The third kappa shape index (κ3) is 6.29. The molecule has 1 N–H and O–H groups in total. The van der Waals surface area contributed by atoms with Gasteiger partial charge in [0.2, 0.25) is 11.8 Å². The van der Waals surface area contributed by atoms with E-state index in [1.807, 2.05) is 37.3 Å². The molecule has 2 rings (SSSR count). The smallest absolute Gasteiger partial charge is 0.223 e. The number of benzene rings is 2. The average Bonchev–Trinajstić information content (AvgIpc) is 2.65. The second kappa shape index (κ2) is 9.97. The van der Waals surface area contributed by atoms with E-state index in [1.54, 1.807) is 24.1 Å². The van der Waals surface area contributed by atoms with Crippen molar-refractivity contribution in [3.8, 4) is 5.75 Å². The van der Waals surface area contributed by atoms with E-state index in [4.69, 9.17) is 16.3 Å². The molecule has 0 saturated heterocycles. The van der Waals surface area contributed by atoms with E-state index in [1.165, 1.54) is 6.92 Å². The summed E-state index contributed by atoms with van der Waals surface area (Å²) < 4.78 is 5.13. The predicted molar refractivity (Wildman–Crippen MR) is 109 cm³/mol. The molecule has 2 aromatic rings. The summed E-state index contributed by atoms with van der Waals surface area (Å²) in [6.45, 7) is 4.25. The van der Waals surface area contributed by atoms with Crippen molar-refractivity contribution >= 4 is 29.1 Å². The molecule has 5 nitrogen and oxygen atoms in total. The van der Waals surface area contributed by atoms with Gasteiger partial charge in [0, 0.05) is 37.1 Å². The lowest BCUT2D eigenvalue weighted by Gasteiger charge is -2.23. The first-order chi connectivity index (χ1) is 12.9. The molecule has 0 saturated carbocycles. The van der Waals surface area contributed by atoms with Crippen LogP contribution >= 0.6 is 11.6 Å². The lowest BCUT2D eigenvalue weighted by molar-refractivity contribution is -0.121. The van der Waals surface area contributed by atoms with Crippen molar-refractivity contribution in [1.82, 2.24) is 5.32 Å². The molecule has 2 amide bonds. The van der Waals surface area contributed by atoms with Crippen LogP contribution in [0.1, 0.15) is 24.5 Å². The van der Waals surface area contributed by atoms with Crippen LogP contribution in [0.5, 0.6) is 5.75 Å². The molecule has 27 heavy (non-hydrogen) atoms. The lowest BCUT2D eigenvalue weighted by Crippen LogP contribution is -2.34. The van der Waals surface area contributed by atoms with E-state index >= 15 is 0 Å². The van der Waals surface area contributed by atoms with Gasteiger partial charge in [0.25, 0.3) is 0 Å². The fourth-order valence-corrected chi connectivity index (χ4v) is 2.93. The molecule has 0 aliphatic carbocycles. The maximum Gasteiger partial charge on any atom is 0.223 e. The second-order valence-electron chi connectivity index (χ2n) is 6.30.